The van der Waals surface area contributed by atoms with Crippen LogP contribution < -0.4 is 5.32 Å². The maximum absolute atomic E-state index is 13.0. The molecule has 1 saturated heterocycles. The summed E-state index contributed by atoms with van der Waals surface area (Å²) in [6.07, 6.45) is 0.179. The molecule has 3 heterocycles. The zero-order chi connectivity index (χ0) is 20.1. The van der Waals surface area contributed by atoms with Crippen LogP contribution in [0.1, 0.15) is 27.4 Å². The summed E-state index contributed by atoms with van der Waals surface area (Å²) in [5.41, 5.74) is 2.29. The van der Waals surface area contributed by atoms with Gasteiger partial charge in [-0.05, 0) is 37.6 Å². The number of carbonyl (C=O) groups is 2. The maximum Gasteiger partial charge on any atom is 0.259 e. The second kappa shape index (κ2) is 6.71. The van der Waals surface area contributed by atoms with Gasteiger partial charge in [0.05, 0.1) is 17.0 Å². The van der Waals surface area contributed by atoms with Crippen molar-refractivity contribution < 1.29 is 22.5 Å². The minimum absolute atomic E-state index is 0.143. The molecule has 2 aromatic rings. The molecule has 2 aliphatic rings. The molecule has 0 bridgehead atoms. The summed E-state index contributed by atoms with van der Waals surface area (Å²) in [5, 5.41) is 6.49. The lowest BCUT2D eigenvalue weighted by molar-refractivity contribution is -0.115. The number of aryl methyl sites for hydroxylation is 2. The van der Waals surface area contributed by atoms with Crippen LogP contribution in [0.15, 0.2) is 27.6 Å². The molecular weight excluding hydrogens is 384 g/mol. The van der Waals surface area contributed by atoms with Crippen molar-refractivity contribution in [3.8, 4) is 0 Å². The summed E-state index contributed by atoms with van der Waals surface area (Å²) in [5.74, 6) is 0.116. The van der Waals surface area contributed by atoms with Gasteiger partial charge in [-0.15, -0.1) is 0 Å². The Morgan fingerprint density at radius 3 is 2.54 bits per heavy atom. The Morgan fingerprint density at radius 1 is 1.18 bits per heavy atom. The normalized spacial score (nSPS) is 17.5. The molecule has 0 unspecified atom stereocenters. The van der Waals surface area contributed by atoms with Crippen molar-refractivity contribution in [3.63, 3.8) is 0 Å². The molecule has 0 spiro atoms. The van der Waals surface area contributed by atoms with E-state index in [4.69, 9.17) is 4.52 Å². The third-order valence-corrected chi connectivity index (χ3v) is 7.01. The Morgan fingerprint density at radius 2 is 1.89 bits per heavy atom. The molecule has 4 rings (SSSR count). The van der Waals surface area contributed by atoms with Gasteiger partial charge in [0.25, 0.3) is 5.91 Å². The van der Waals surface area contributed by atoms with Gasteiger partial charge in [-0.1, -0.05) is 5.16 Å². The fourth-order valence-electron chi connectivity index (χ4n) is 3.59. The number of fused-ring (bicyclic) bond motifs is 1. The Balaban J connectivity index is 1.48. The van der Waals surface area contributed by atoms with E-state index in [1.54, 1.807) is 30.9 Å². The van der Waals surface area contributed by atoms with Gasteiger partial charge < -0.3 is 14.7 Å². The quantitative estimate of drug-likeness (QED) is 0.814. The average Bonchev–Trinajstić information content (AvgIpc) is 3.21. The lowest BCUT2D eigenvalue weighted by atomic mass is 10.1. The van der Waals surface area contributed by atoms with E-state index in [2.05, 4.69) is 10.5 Å². The first kappa shape index (κ1) is 18.6. The number of anilines is 1. The van der Waals surface area contributed by atoms with Crippen molar-refractivity contribution in [1.82, 2.24) is 14.4 Å². The van der Waals surface area contributed by atoms with Crippen LogP contribution in [0, 0.1) is 13.8 Å². The summed E-state index contributed by atoms with van der Waals surface area (Å²) in [6.45, 7) is 4.36. The maximum atomic E-state index is 13.0. The van der Waals surface area contributed by atoms with Gasteiger partial charge in [0, 0.05) is 31.9 Å². The van der Waals surface area contributed by atoms with Crippen molar-refractivity contribution in [2.24, 2.45) is 0 Å². The van der Waals surface area contributed by atoms with E-state index in [0.29, 0.717) is 28.3 Å². The lowest BCUT2D eigenvalue weighted by Gasteiger charge is -2.34. The Hall–Kier alpha value is -2.72. The fourth-order valence-corrected chi connectivity index (χ4v) is 5.07. The summed E-state index contributed by atoms with van der Waals surface area (Å²) < 4.78 is 32.4. The Bertz CT molecular complexity index is 1050. The number of sulfonamides is 1. The largest absolute Gasteiger partial charge is 0.361 e. The van der Waals surface area contributed by atoms with E-state index in [9.17, 15) is 18.0 Å². The van der Waals surface area contributed by atoms with Gasteiger partial charge in [-0.25, -0.2) is 8.42 Å². The van der Waals surface area contributed by atoms with Crippen LogP contribution in [0.25, 0.3) is 0 Å². The van der Waals surface area contributed by atoms with Gasteiger partial charge in [-0.3, -0.25) is 9.59 Å². The van der Waals surface area contributed by atoms with Crippen molar-refractivity contribution in [1.29, 1.82) is 0 Å². The van der Waals surface area contributed by atoms with E-state index >= 15 is 0 Å². The summed E-state index contributed by atoms with van der Waals surface area (Å²) in [7, 11) is -3.69. The number of aromatic nitrogens is 1. The van der Waals surface area contributed by atoms with E-state index < -0.39 is 10.0 Å². The Kier molecular flexibility index (Phi) is 4.47. The third kappa shape index (κ3) is 3.08. The van der Waals surface area contributed by atoms with Crippen LogP contribution in [-0.4, -0.2) is 60.8 Å². The molecular formula is C18H20N4O5S. The first-order valence-corrected chi connectivity index (χ1v) is 10.4. The Labute approximate surface area is 162 Å². The predicted molar refractivity (Wildman–Crippen MR) is 99.4 cm³/mol. The van der Waals surface area contributed by atoms with Crippen LogP contribution in [0.3, 0.4) is 0 Å². The first-order chi connectivity index (χ1) is 13.3. The van der Waals surface area contributed by atoms with Crippen LogP contribution in [0.2, 0.25) is 0 Å². The van der Waals surface area contributed by atoms with Crippen LogP contribution in [-0.2, 0) is 21.2 Å². The minimum Gasteiger partial charge on any atom is -0.361 e. The van der Waals surface area contributed by atoms with Gasteiger partial charge in [0.2, 0.25) is 15.9 Å². The number of rotatable bonds is 3. The lowest BCUT2D eigenvalue weighted by Crippen LogP contribution is -2.50. The SMILES string of the molecule is Cc1noc(C)c1C(=O)N1CCN(S(=O)(=O)c2ccc3c(c2)CC(=O)N3)CC1. The van der Waals surface area contributed by atoms with Crippen LogP contribution >= 0.6 is 0 Å². The summed E-state index contributed by atoms with van der Waals surface area (Å²) in [6, 6.07) is 4.66. The number of benzene rings is 1. The monoisotopic (exact) mass is 404 g/mol. The van der Waals surface area contributed by atoms with Crippen LogP contribution in [0.4, 0.5) is 5.69 Å². The highest BCUT2D eigenvalue weighted by atomic mass is 32.2. The molecule has 1 N–H and O–H groups in total. The highest BCUT2D eigenvalue weighted by molar-refractivity contribution is 7.89. The molecule has 148 valence electrons. The van der Waals surface area contributed by atoms with Gasteiger partial charge in [0.15, 0.2) is 0 Å². The number of piperazine rings is 1. The number of hydrogen-bond acceptors (Lipinski definition) is 6. The average molecular weight is 404 g/mol. The number of hydrogen-bond donors (Lipinski definition) is 1. The van der Waals surface area contributed by atoms with Crippen molar-refractivity contribution in [2.45, 2.75) is 25.2 Å². The van der Waals surface area contributed by atoms with Gasteiger partial charge >= 0.3 is 0 Å². The standard InChI is InChI=1S/C18H20N4O5S/c1-11-17(12(2)27-20-11)18(24)21-5-7-22(8-6-21)28(25,26)14-3-4-15-13(9-14)10-16(23)19-15/h3-4,9H,5-8,10H2,1-2H3,(H,19,23). The molecule has 0 radical (unpaired) electrons. The van der Waals surface area contributed by atoms with E-state index in [1.807, 2.05) is 0 Å². The summed E-state index contributed by atoms with van der Waals surface area (Å²) in [4.78, 5) is 26.0. The second-order valence-corrected chi connectivity index (χ2v) is 8.88. The number of nitrogens with zero attached hydrogens (tertiary/aromatic N) is 3. The molecule has 9 nitrogen and oxygen atoms in total. The van der Waals surface area contributed by atoms with E-state index in [1.165, 1.54) is 10.4 Å². The number of carbonyl (C=O) groups excluding carboxylic acids is 2. The third-order valence-electron chi connectivity index (χ3n) is 5.11. The van der Waals surface area contributed by atoms with Crippen molar-refractivity contribution >= 4 is 27.5 Å². The molecule has 2 aliphatic heterocycles. The fraction of sp³-hybridized carbons (Fsp3) is 0.389. The number of nitrogens with one attached hydrogen (secondary N) is 1. The molecule has 28 heavy (non-hydrogen) atoms. The molecule has 1 aromatic heterocycles. The highest BCUT2D eigenvalue weighted by Gasteiger charge is 2.33. The highest BCUT2D eigenvalue weighted by Crippen LogP contribution is 2.28. The predicted octanol–water partition coefficient (Wildman–Crippen LogP) is 0.933. The molecule has 0 aliphatic carbocycles. The van der Waals surface area contributed by atoms with Gasteiger partial charge in [-0.2, -0.15) is 4.31 Å². The minimum atomic E-state index is -3.69. The number of amides is 2. The molecule has 2 amide bonds. The van der Waals surface area contributed by atoms with Crippen molar-refractivity contribution in [3.05, 3.63) is 40.8 Å². The zero-order valence-electron chi connectivity index (χ0n) is 15.6. The zero-order valence-corrected chi connectivity index (χ0v) is 16.4. The molecule has 0 saturated carbocycles. The molecule has 1 fully saturated rings. The van der Waals surface area contributed by atoms with Crippen molar-refractivity contribution in [2.75, 3.05) is 31.5 Å². The van der Waals surface area contributed by atoms with Gasteiger partial charge in [0.1, 0.15) is 11.3 Å². The molecule has 10 heteroatoms. The van der Waals surface area contributed by atoms with E-state index in [0.717, 1.165) is 0 Å². The molecule has 1 aromatic carbocycles. The van der Waals surface area contributed by atoms with Crippen LogP contribution in [0.5, 0.6) is 0 Å². The second-order valence-electron chi connectivity index (χ2n) is 6.94. The topological polar surface area (TPSA) is 113 Å². The smallest absolute Gasteiger partial charge is 0.259 e. The first-order valence-electron chi connectivity index (χ1n) is 8.92. The molecule has 0 atom stereocenters. The summed E-state index contributed by atoms with van der Waals surface area (Å²) >= 11 is 0. The van der Waals surface area contributed by atoms with E-state index in [-0.39, 0.29) is 49.3 Å².